The number of amides is 2. The zero-order valence-electron chi connectivity index (χ0n) is 14.4. The van der Waals surface area contributed by atoms with Gasteiger partial charge >= 0.3 is 12.0 Å². The van der Waals surface area contributed by atoms with E-state index >= 15 is 0 Å². The van der Waals surface area contributed by atoms with Gasteiger partial charge in [-0.3, -0.25) is 4.79 Å². The number of likely N-dealkylation sites (tertiary alicyclic amines) is 1. The second-order valence-corrected chi connectivity index (χ2v) is 7.10. The maximum atomic E-state index is 12.0. The fourth-order valence-corrected chi connectivity index (χ4v) is 3.25. The molecule has 0 spiro atoms. The average molecular weight is 355 g/mol. The Morgan fingerprint density at radius 2 is 2.00 bits per heavy atom. The lowest BCUT2D eigenvalue weighted by Gasteiger charge is -2.33. The standard InChI is InChI=1S/C15H25N5O3S/c1-18(2)15(23)19-7-4-11(5-8-19)14-16-12(6-9-24-3)17-20(14)10-13(21)22/h11H,4-10H2,1-3H3,(H,21,22). The normalized spacial score (nSPS) is 15.5. The maximum Gasteiger partial charge on any atom is 0.325 e. The molecule has 1 aliphatic rings. The number of aliphatic carboxylic acids is 1. The number of urea groups is 1. The molecule has 1 aliphatic heterocycles. The number of hydrogen-bond donors (Lipinski definition) is 1. The molecule has 0 aliphatic carbocycles. The number of piperidine rings is 1. The third-order valence-electron chi connectivity index (χ3n) is 4.07. The van der Waals surface area contributed by atoms with Crippen molar-refractivity contribution >= 4 is 23.8 Å². The van der Waals surface area contributed by atoms with Gasteiger partial charge in [0.15, 0.2) is 5.82 Å². The summed E-state index contributed by atoms with van der Waals surface area (Å²) in [6, 6.07) is 0.0149. The summed E-state index contributed by atoms with van der Waals surface area (Å²) in [5.41, 5.74) is 0. The van der Waals surface area contributed by atoms with E-state index in [0.29, 0.717) is 18.9 Å². The van der Waals surface area contributed by atoms with Crippen LogP contribution < -0.4 is 0 Å². The van der Waals surface area contributed by atoms with Crippen molar-refractivity contribution < 1.29 is 14.7 Å². The van der Waals surface area contributed by atoms with Crippen molar-refractivity contribution in [3.63, 3.8) is 0 Å². The molecule has 9 heteroatoms. The van der Waals surface area contributed by atoms with Gasteiger partial charge in [0.25, 0.3) is 0 Å². The van der Waals surface area contributed by atoms with Crippen molar-refractivity contribution in [2.75, 3.05) is 39.2 Å². The molecule has 0 unspecified atom stereocenters. The van der Waals surface area contributed by atoms with Gasteiger partial charge in [-0.15, -0.1) is 0 Å². The van der Waals surface area contributed by atoms with Gasteiger partial charge in [-0.1, -0.05) is 0 Å². The van der Waals surface area contributed by atoms with Gasteiger partial charge in [0.2, 0.25) is 0 Å². The molecule has 0 atom stereocenters. The molecular weight excluding hydrogens is 330 g/mol. The highest BCUT2D eigenvalue weighted by molar-refractivity contribution is 7.98. The molecule has 2 heterocycles. The third kappa shape index (κ3) is 4.62. The molecule has 2 rings (SSSR count). The molecule has 24 heavy (non-hydrogen) atoms. The largest absolute Gasteiger partial charge is 0.480 e. The highest BCUT2D eigenvalue weighted by Gasteiger charge is 2.28. The first-order chi connectivity index (χ1) is 11.4. The molecular formula is C15H25N5O3S. The first-order valence-electron chi connectivity index (χ1n) is 8.03. The minimum absolute atomic E-state index is 0.0149. The molecule has 1 fully saturated rings. The van der Waals surface area contributed by atoms with Crippen LogP contribution in [0.1, 0.15) is 30.4 Å². The van der Waals surface area contributed by atoms with Crippen LogP contribution >= 0.6 is 11.8 Å². The molecule has 134 valence electrons. The number of carboxylic acids is 1. The Kier molecular flexibility index (Phi) is 6.47. The minimum atomic E-state index is -0.919. The van der Waals surface area contributed by atoms with Crippen molar-refractivity contribution in [2.45, 2.75) is 31.7 Å². The van der Waals surface area contributed by atoms with E-state index in [0.717, 1.165) is 30.8 Å². The Balaban J connectivity index is 2.09. The van der Waals surface area contributed by atoms with Gasteiger partial charge in [0, 0.05) is 45.3 Å². The zero-order valence-corrected chi connectivity index (χ0v) is 15.3. The van der Waals surface area contributed by atoms with Crippen LogP contribution in [0.5, 0.6) is 0 Å². The fourth-order valence-electron chi connectivity index (χ4n) is 2.86. The quantitative estimate of drug-likeness (QED) is 0.822. The van der Waals surface area contributed by atoms with Crippen LogP contribution in [0.4, 0.5) is 4.79 Å². The summed E-state index contributed by atoms with van der Waals surface area (Å²) < 4.78 is 1.52. The smallest absolute Gasteiger partial charge is 0.325 e. The predicted molar refractivity (Wildman–Crippen MR) is 92.4 cm³/mol. The first-order valence-corrected chi connectivity index (χ1v) is 9.42. The summed E-state index contributed by atoms with van der Waals surface area (Å²) in [5, 5.41) is 13.5. The lowest BCUT2D eigenvalue weighted by atomic mass is 9.96. The van der Waals surface area contributed by atoms with E-state index in [1.54, 1.807) is 30.8 Å². The Morgan fingerprint density at radius 3 is 2.54 bits per heavy atom. The minimum Gasteiger partial charge on any atom is -0.480 e. The van der Waals surface area contributed by atoms with E-state index in [9.17, 15) is 9.59 Å². The fraction of sp³-hybridized carbons (Fsp3) is 0.733. The second-order valence-electron chi connectivity index (χ2n) is 6.12. The Bertz CT molecular complexity index is 582. The van der Waals surface area contributed by atoms with Crippen molar-refractivity contribution in [1.29, 1.82) is 0 Å². The van der Waals surface area contributed by atoms with Gasteiger partial charge in [-0.05, 0) is 19.1 Å². The average Bonchev–Trinajstić information content (AvgIpc) is 2.94. The number of carbonyl (C=O) groups excluding carboxylic acids is 1. The molecule has 2 amide bonds. The van der Waals surface area contributed by atoms with E-state index in [-0.39, 0.29) is 18.5 Å². The summed E-state index contributed by atoms with van der Waals surface area (Å²) in [7, 11) is 3.49. The molecule has 8 nitrogen and oxygen atoms in total. The summed E-state index contributed by atoms with van der Waals surface area (Å²) in [5.74, 6) is 1.58. The van der Waals surface area contributed by atoms with Crippen molar-refractivity contribution in [3.05, 3.63) is 11.6 Å². The van der Waals surface area contributed by atoms with Gasteiger partial charge in [-0.2, -0.15) is 16.9 Å². The van der Waals surface area contributed by atoms with Crippen LogP contribution in [-0.2, 0) is 17.8 Å². The Morgan fingerprint density at radius 1 is 1.33 bits per heavy atom. The summed E-state index contributed by atoms with van der Waals surface area (Å²) in [4.78, 5) is 31.1. The van der Waals surface area contributed by atoms with Crippen molar-refractivity contribution in [1.82, 2.24) is 24.6 Å². The Hall–Kier alpha value is -1.77. The van der Waals surface area contributed by atoms with E-state index in [2.05, 4.69) is 10.1 Å². The number of thioether (sulfide) groups is 1. The SMILES string of the molecule is CSCCc1nc(C2CCN(C(=O)N(C)C)CC2)n(CC(=O)O)n1. The number of aryl methyl sites for hydroxylation is 1. The van der Waals surface area contributed by atoms with Gasteiger partial charge in [0.1, 0.15) is 12.4 Å². The van der Waals surface area contributed by atoms with Crippen LogP contribution in [0, 0.1) is 0 Å². The number of carbonyl (C=O) groups is 2. The van der Waals surface area contributed by atoms with Crippen molar-refractivity contribution in [2.24, 2.45) is 0 Å². The number of carboxylic acid groups (broad SMARTS) is 1. The molecule has 0 aromatic carbocycles. The monoisotopic (exact) mass is 355 g/mol. The summed E-state index contributed by atoms with van der Waals surface area (Å²) in [6.45, 7) is 1.14. The second kappa shape index (κ2) is 8.36. The highest BCUT2D eigenvalue weighted by atomic mass is 32.2. The summed E-state index contributed by atoms with van der Waals surface area (Å²) >= 11 is 1.71. The zero-order chi connectivity index (χ0) is 17.7. The maximum absolute atomic E-state index is 12.0. The van der Waals surface area contributed by atoms with Crippen LogP contribution in [0.15, 0.2) is 0 Å². The molecule has 1 aromatic rings. The lowest BCUT2D eigenvalue weighted by molar-refractivity contribution is -0.138. The number of aromatic nitrogens is 3. The van der Waals surface area contributed by atoms with Gasteiger partial charge < -0.3 is 14.9 Å². The molecule has 1 saturated heterocycles. The molecule has 1 aromatic heterocycles. The molecule has 0 saturated carbocycles. The molecule has 0 bridgehead atoms. The first kappa shape index (κ1) is 18.6. The lowest BCUT2D eigenvalue weighted by Crippen LogP contribution is -2.43. The number of rotatable bonds is 6. The van der Waals surface area contributed by atoms with Crippen LogP contribution in [0.2, 0.25) is 0 Å². The van der Waals surface area contributed by atoms with Gasteiger partial charge in [0.05, 0.1) is 0 Å². The third-order valence-corrected chi connectivity index (χ3v) is 4.68. The van der Waals surface area contributed by atoms with E-state index < -0.39 is 5.97 Å². The van der Waals surface area contributed by atoms with Crippen LogP contribution in [0.3, 0.4) is 0 Å². The van der Waals surface area contributed by atoms with Crippen LogP contribution in [0.25, 0.3) is 0 Å². The van der Waals surface area contributed by atoms with E-state index in [1.807, 2.05) is 11.2 Å². The van der Waals surface area contributed by atoms with E-state index in [1.165, 1.54) is 4.68 Å². The van der Waals surface area contributed by atoms with Gasteiger partial charge in [-0.25, -0.2) is 14.5 Å². The predicted octanol–water partition coefficient (Wildman–Crippen LogP) is 1.13. The molecule has 0 radical (unpaired) electrons. The summed E-state index contributed by atoms with van der Waals surface area (Å²) in [6.07, 6.45) is 4.31. The van der Waals surface area contributed by atoms with Crippen LogP contribution in [-0.4, -0.2) is 80.9 Å². The van der Waals surface area contributed by atoms with E-state index in [4.69, 9.17) is 5.11 Å². The Labute approximate surface area is 146 Å². The topological polar surface area (TPSA) is 91.6 Å². The highest BCUT2D eigenvalue weighted by Crippen LogP contribution is 2.27. The number of hydrogen-bond acceptors (Lipinski definition) is 5. The molecule has 1 N–H and O–H groups in total. The number of nitrogens with zero attached hydrogens (tertiary/aromatic N) is 5. The van der Waals surface area contributed by atoms with Crippen molar-refractivity contribution in [3.8, 4) is 0 Å².